The van der Waals surface area contributed by atoms with Gasteiger partial charge >= 0.3 is 6.18 Å². The van der Waals surface area contributed by atoms with E-state index in [2.05, 4.69) is 5.32 Å². The Labute approximate surface area is 118 Å². The van der Waals surface area contributed by atoms with Gasteiger partial charge in [-0.3, -0.25) is 0 Å². The Balaban J connectivity index is 3.35. The lowest BCUT2D eigenvalue weighted by molar-refractivity contribution is -0.139. The SMILES string of the molecule is CS(=O)(=O)c1ccc(NC=C(C#N)C#N)cc1C(F)(F)F. The van der Waals surface area contributed by atoms with Crippen molar-refractivity contribution in [2.45, 2.75) is 11.1 Å². The molecule has 21 heavy (non-hydrogen) atoms. The number of rotatable bonds is 3. The maximum absolute atomic E-state index is 12.9. The zero-order chi connectivity index (χ0) is 16.3. The van der Waals surface area contributed by atoms with Crippen molar-refractivity contribution in [1.29, 1.82) is 10.5 Å². The third-order valence-electron chi connectivity index (χ3n) is 2.31. The van der Waals surface area contributed by atoms with Crippen molar-refractivity contribution >= 4 is 15.5 Å². The third kappa shape index (κ3) is 4.23. The summed E-state index contributed by atoms with van der Waals surface area (Å²) in [5.74, 6) is 0. The van der Waals surface area contributed by atoms with Crippen LogP contribution in [-0.4, -0.2) is 14.7 Å². The van der Waals surface area contributed by atoms with Crippen molar-refractivity contribution in [3.63, 3.8) is 0 Å². The third-order valence-corrected chi connectivity index (χ3v) is 3.46. The molecule has 1 N–H and O–H groups in total. The number of alkyl halides is 3. The molecule has 0 radical (unpaired) electrons. The Morgan fingerprint density at radius 3 is 2.29 bits per heavy atom. The number of allylic oxidation sites excluding steroid dienone is 1. The molecule has 0 saturated heterocycles. The number of nitrogens with zero attached hydrogens (tertiary/aromatic N) is 2. The summed E-state index contributed by atoms with van der Waals surface area (Å²) in [6.45, 7) is 0. The van der Waals surface area contributed by atoms with Crippen LogP contribution in [0.15, 0.2) is 34.9 Å². The molecule has 0 aliphatic rings. The van der Waals surface area contributed by atoms with Crippen LogP contribution in [0.1, 0.15) is 5.56 Å². The van der Waals surface area contributed by atoms with Crippen LogP contribution in [0.3, 0.4) is 0 Å². The summed E-state index contributed by atoms with van der Waals surface area (Å²) in [5, 5.41) is 19.3. The maximum Gasteiger partial charge on any atom is 0.417 e. The Morgan fingerprint density at radius 1 is 1.29 bits per heavy atom. The van der Waals surface area contributed by atoms with Crippen molar-refractivity contribution in [3.8, 4) is 12.1 Å². The van der Waals surface area contributed by atoms with Gasteiger partial charge in [0.2, 0.25) is 0 Å². The number of nitriles is 2. The minimum atomic E-state index is -4.85. The van der Waals surface area contributed by atoms with E-state index in [1.807, 2.05) is 0 Å². The first-order valence-electron chi connectivity index (χ1n) is 5.28. The zero-order valence-corrected chi connectivity index (χ0v) is 11.4. The second kappa shape index (κ2) is 5.85. The topological polar surface area (TPSA) is 93.8 Å². The van der Waals surface area contributed by atoms with E-state index in [1.54, 1.807) is 0 Å². The van der Waals surface area contributed by atoms with Gasteiger partial charge in [-0.25, -0.2) is 8.42 Å². The molecule has 0 unspecified atom stereocenters. The van der Waals surface area contributed by atoms with Gasteiger partial charge in [0.25, 0.3) is 0 Å². The van der Waals surface area contributed by atoms with Gasteiger partial charge < -0.3 is 5.32 Å². The molecule has 0 saturated carbocycles. The van der Waals surface area contributed by atoms with E-state index in [9.17, 15) is 21.6 Å². The highest BCUT2D eigenvalue weighted by Gasteiger charge is 2.36. The normalized spacial score (nSPS) is 11.1. The number of halogens is 3. The van der Waals surface area contributed by atoms with Crippen LogP contribution in [-0.2, 0) is 16.0 Å². The first-order valence-corrected chi connectivity index (χ1v) is 7.17. The monoisotopic (exact) mass is 315 g/mol. The van der Waals surface area contributed by atoms with E-state index < -0.39 is 26.5 Å². The van der Waals surface area contributed by atoms with E-state index in [4.69, 9.17) is 10.5 Å². The van der Waals surface area contributed by atoms with Crippen molar-refractivity contribution in [2.24, 2.45) is 0 Å². The van der Waals surface area contributed by atoms with E-state index in [0.29, 0.717) is 12.3 Å². The lowest BCUT2D eigenvalue weighted by atomic mass is 10.2. The summed E-state index contributed by atoms with van der Waals surface area (Å²) in [6.07, 6.45) is -3.25. The van der Waals surface area contributed by atoms with Gasteiger partial charge in [-0.15, -0.1) is 0 Å². The van der Waals surface area contributed by atoms with E-state index >= 15 is 0 Å². The average Bonchev–Trinajstić information content (AvgIpc) is 2.37. The standard InChI is InChI=1S/C12H8F3N3O2S/c1-21(19,20)11-3-2-9(4-10(11)12(13,14)15)18-7-8(5-16)6-17/h2-4,7,18H,1H3. The predicted molar refractivity (Wildman–Crippen MR) is 67.5 cm³/mol. The van der Waals surface area contributed by atoms with E-state index in [0.717, 1.165) is 18.3 Å². The van der Waals surface area contributed by atoms with Crippen LogP contribution < -0.4 is 5.32 Å². The highest BCUT2D eigenvalue weighted by atomic mass is 32.2. The molecule has 0 atom stereocenters. The Morgan fingerprint density at radius 2 is 1.86 bits per heavy atom. The molecule has 5 nitrogen and oxygen atoms in total. The van der Waals surface area contributed by atoms with Crippen LogP contribution in [0, 0.1) is 22.7 Å². The van der Waals surface area contributed by atoms with Crippen molar-refractivity contribution in [2.75, 3.05) is 11.6 Å². The van der Waals surface area contributed by atoms with Crippen LogP contribution in [0.4, 0.5) is 18.9 Å². The molecule has 9 heteroatoms. The minimum absolute atomic E-state index is 0.0993. The largest absolute Gasteiger partial charge is 0.417 e. The summed E-state index contributed by atoms with van der Waals surface area (Å²) in [5.41, 5.74) is -1.76. The van der Waals surface area contributed by atoms with Crippen molar-refractivity contribution < 1.29 is 21.6 Å². The van der Waals surface area contributed by atoms with Crippen LogP contribution in [0.25, 0.3) is 0 Å². The highest BCUT2D eigenvalue weighted by Crippen LogP contribution is 2.35. The van der Waals surface area contributed by atoms with Gasteiger partial charge in [0.15, 0.2) is 9.84 Å². The number of anilines is 1. The molecule has 0 bridgehead atoms. The molecule has 1 aromatic rings. The number of hydrogen-bond acceptors (Lipinski definition) is 5. The zero-order valence-electron chi connectivity index (χ0n) is 10.6. The molecule has 1 rings (SSSR count). The molecule has 0 amide bonds. The quantitative estimate of drug-likeness (QED) is 0.865. The molecule has 0 spiro atoms. The van der Waals surface area contributed by atoms with Crippen LogP contribution in [0.5, 0.6) is 0 Å². The average molecular weight is 315 g/mol. The minimum Gasteiger partial charge on any atom is -0.360 e. The molecule has 110 valence electrons. The second-order valence-electron chi connectivity index (χ2n) is 3.91. The first kappa shape index (κ1) is 16.5. The lowest BCUT2D eigenvalue weighted by Gasteiger charge is -2.13. The van der Waals surface area contributed by atoms with Crippen LogP contribution >= 0.6 is 0 Å². The van der Waals surface area contributed by atoms with E-state index in [-0.39, 0.29) is 11.3 Å². The molecular weight excluding hydrogens is 307 g/mol. The Bertz CT molecular complexity index is 752. The van der Waals surface area contributed by atoms with Gasteiger partial charge in [-0.2, -0.15) is 23.7 Å². The lowest BCUT2D eigenvalue weighted by Crippen LogP contribution is -2.13. The van der Waals surface area contributed by atoms with Crippen LogP contribution in [0.2, 0.25) is 0 Å². The van der Waals surface area contributed by atoms with Gasteiger partial charge in [-0.1, -0.05) is 0 Å². The van der Waals surface area contributed by atoms with E-state index in [1.165, 1.54) is 12.1 Å². The fourth-order valence-electron chi connectivity index (χ4n) is 1.41. The number of benzene rings is 1. The highest BCUT2D eigenvalue weighted by molar-refractivity contribution is 7.90. The molecule has 0 aliphatic carbocycles. The molecule has 1 aromatic carbocycles. The summed E-state index contributed by atoms with van der Waals surface area (Å²) in [7, 11) is -4.04. The van der Waals surface area contributed by atoms with Gasteiger partial charge in [0, 0.05) is 18.1 Å². The molecule has 0 aliphatic heterocycles. The number of sulfone groups is 1. The van der Waals surface area contributed by atoms with Crippen molar-refractivity contribution in [3.05, 3.63) is 35.5 Å². The summed E-state index contributed by atoms with van der Waals surface area (Å²) in [4.78, 5) is -0.842. The maximum atomic E-state index is 12.9. The molecule has 0 aromatic heterocycles. The fourth-order valence-corrected chi connectivity index (χ4v) is 2.30. The molecule has 0 heterocycles. The molecular formula is C12H8F3N3O2S. The Kier molecular flexibility index (Phi) is 4.61. The van der Waals surface area contributed by atoms with Gasteiger partial charge in [0.05, 0.1) is 10.5 Å². The van der Waals surface area contributed by atoms with Crippen molar-refractivity contribution in [1.82, 2.24) is 0 Å². The summed E-state index contributed by atoms with van der Waals surface area (Å²) >= 11 is 0. The molecule has 0 fully saturated rings. The summed E-state index contributed by atoms with van der Waals surface area (Å²) < 4.78 is 61.3. The van der Waals surface area contributed by atoms with Gasteiger partial charge in [-0.05, 0) is 18.2 Å². The second-order valence-corrected chi connectivity index (χ2v) is 5.89. The number of hydrogen-bond donors (Lipinski definition) is 1. The fraction of sp³-hybridized carbons (Fsp3) is 0.167. The summed E-state index contributed by atoms with van der Waals surface area (Å²) in [6, 6.07) is 5.56. The number of nitrogens with one attached hydrogen (secondary N) is 1. The van der Waals surface area contributed by atoms with Gasteiger partial charge in [0.1, 0.15) is 17.7 Å². The first-order chi connectivity index (χ1) is 9.59. The Hall–Kier alpha value is -2.52. The smallest absolute Gasteiger partial charge is 0.360 e. The predicted octanol–water partition coefficient (Wildman–Crippen LogP) is 2.45.